The van der Waals surface area contributed by atoms with Crippen molar-refractivity contribution < 1.29 is 17.9 Å². The van der Waals surface area contributed by atoms with Crippen LogP contribution in [0.25, 0.3) is 0 Å². The van der Waals surface area contributed by atoms with Crippen molar-refractivity contribution in [2.45, 2.75) is 18.0 Å². The van der Waals surface area contributed by atoms with Gasteiger partial charge in [-0.15, -0.1) is 0 Å². The number of hydrogen-bond acceptors (Lipinski definition) is 4. The minimum atomic E-state index is -3.76. The van der Waals surface area contributed by atoms with Crippen LogP contribution in [0.3, 0.4) is 0 Å². The second kappa shape index (κ2) is 9.36. The van der Waals surface area contributed by atoms with Crippen LogP contribution in [0.4, 0.5) is 10.5 Å². The van der Waals surface area contributed by atoms with Crippen LogP contribution in [0.15, 0.2) is 89.8 Å². The molecule has 0 aliphatic rings. The number of carbonyl (C=O) groups excluding carboxylic acids is 1. The zero-order valence-electron chi connectivity index (χ0n) is 16.0. The average Bonchev–Trinajstić information content (AvgIpc) is 2.75. The maximum atomic E-state index is 13.3. The molecule has 0 saturated heterocycles. The third-order valence-corrected chi connectivity index (χ3v) is 6.13. The predicted molar refractivity (Wildman–Crippen MR) is 112 cm³/mol. The number of nitrogens with zero attached hydrogens (tertiary/aromatic N) is 1. The molecular weight excluding hydrogens is 388 g/mol. The Morgan fingerprint density at radius 3 is 1.76 bits per heavy atom. The summed E-state index contributed by atoms with van der Waals surface area (Å²) in [6, 6.07) is 25.0. The van der Waals surface area contributed by atoms with Crippen molar-refractivity contribution in [3.63, 3.8) is 0 Å². The summed E-state index contributed by atoms with van der Waals surface area (Å²) in [6.45, 7) is 0.500. The summed E-state index contributed by atoms with van der Waals surface area (Å²) < 4.78 is 32.7. The fourth-order valence-electron chi connectivity index (χ4n) is 2.83. The van der Waals surface area contributed by atoms with E-state index in [4.69, 9.17) is 0 Å². The molecule has 0 atom stereocenters. The monoisotopic (exact) mass is 410 g/mol. The van der Waals surface area contributed by atoms with Gasteiger partial charge in [-0.25, -0.2) is 13.2 Å². The maximum Gasteiger partial charge on any atom is 0.411 e. The van der Waals surface area contributed by atoms with Gasteiger partial charge in [0.1, 0.15) is 0 Å². The van der Waals surface area contributed by atoms with Gasteiger partial charge in [-0.2, -0.15) is 4.31 Å². The lowest BCUT2D eigenvalue weighted by molar-refractivity contribution is 0.187. The van der Waals surface area contributed by atoms with Crippen molar-refractivity contribution >= 4 is 21.8 Å². The summed E-state index contributed by atoms with van der Waals surface area (Å²) in [4.78, 5) is 11.5. The van der Waals surface area contributed by atoms with Crippen LogP contribution in [0, 0.1) is 0 Å². The van der Waals surface area contributed by atoms with Crippen LogP contribution in [-0.2, 0) is 27.8 Å². The fraction of sp³-hybridized carbons (Fsp3) is 0.136. The van der Waals surface area contributed by atoms with Crippen molar-refractivity contribution in [1.82, 2.24) is 4.31 Å². The summed E-state index contributed by atoms with van der Waals surface area (Å²) >= 11 is 0. The molecule has 0 fully saturated rings. The molecule has 1 amide bonds. The van der Waals surface area contributed by atoms with E-state index in [0.29, 0.717) is 5.69 Å². The second-order valence-corrected chi connectivity index (χ2v) is 8.32. The lowest BCUT2D eigenvalue weighted by Gasteiger charge is -2.23. The molecule has 6 nitrogen and oxygen atoms in total. The Morgan fingerprint density at radius 2 is 1.31 bits per heavy atom. The van der Waals surface area contributed by atoms with Crippen LogP contribution >= 0.6 is 0 Å². The van der Waals surface area contributed by atoms with Crippen molar-refractivity contribution in [3.05, 3.63) is 96.1 Å². The van der Waals surface area contributed by atoms with Gasteiger partial charge in [-0.05, 0) is 35.4 Å². The zero-order chi connectivity index (χ0) is 20.7. The van der Waals surface area contributed by atoms with E-state index in [-0.39, 0.29) is 18.0 Å². The molecule has 150 valence electrons. The molecule has 29 heavy (non-hydrogen) atoms. The Labute approximate surface area is 170 Å². The standard InChI is InChI=1S/C22H22N2O4S/c1-28-22(25)23-20-12-14-21(15-13-20)29(26,27)24(16-18-8-4-2-5-9-18)17-19-10-6-3-7-11-19/h2-15H,16-17H2,1H3,(H,23,25). The van der Waals surface area contributed by atoms with E-state index in [9.17, 15) is 13.2 Å². The zero-order valence-corrected chi connectivity index (χ0v) is 16.8. The molecule has 0 aromatic heterocycles. The second-order valence-electron chi connectivity index (χ2n) is 6.39. The number of benzene rings is 3. The first-order valence-corrected chi connectivity index (χ1v) is 10.5. The van der Waals surface area contributed by atoms with Crippen molar-refractivity contribution in [2.24, 2.45) is 0 Å². The molecule has 0 saturated carbocycles. The number of nitrogens with one attached hydrogen (secondary N) is 1. The van der Waals surface area contributed by atoms with Gasteiger partial charge in [0.2, 0.25) is 10.0 Å². The highest BCUT2D eigenvalue weighted by Crippen LogP contribution is 2.23. The first-order valence-electron chi connectivity index (χ1n) is 9.02. The van der Waals surface area contributed by atoms with Crippen molar-refractivity contribution in [2.75, 3.05) is 12.4 Å². The van der Waals surface area contributed by atoms with E-state index in [2.05, 4.69) is 10.1 Å². The SMILES string of the molecule is COC(=O)Nc1ccc(S(=O)(=O)N(Cc2ccccc2)Cc2ccccc2)cc1. The molecule has 0 radical (unpaired) electrons. The number of methoxy groups -OCH3 is 1. The number of rotatable bonds is 7. The van der Waals surface area contributed by atoms with Crippen LogP contribution < -0.4 is 5.32 Å². The summed E-state index contributed by atoms with van der Waals surface area (Å²) in [6.07, 6.45) is -0.615. The lowest BCUT2D eigenvalue weighted by atomic mass is 10.2. The van der Waals surface area contributed by atoms with Crippen LogP contribution in [-0.4, -0.2) is 25.9 Å². The van der Waals surface area contributed by atoms with Crippen LogP contribution in [0.5, 0.6) is 0 Å². The molecule has 0 unspecified atom stereocenters. The Balaban J connectivity index is 1.89. The normalized spacial score (nSPS) is 11.2. The average molecular weight is 410 g/mol. The first-order chi connectivity index (χ1) is 14.0. The molecule has 0 aliphatic heterocycles. The van der Waals surface area contributed by atoms with E-state index in [1.54, 1.807) is 0 Å². The number of carbonyl (C=O) groups is 1. The van der Waals surface area contributed by atoms with Gasteiger partial charge in [0.25, 0.3) is 0 Å². The Bertz CT molecular complexity index is 996. The summed E-state index contributed by atoms with van der Waals surface area (Å²) in [5, 5.41) is 2.51. The number of hydrogen-bond donors (Lipinski definition) is 1. The predicted octanol–water partition coefficient (Wildman–Crippen LogP) is 4.26. The number of amides is 1. The van der Waals surface area contributed by atoms with E-state index in [0.717, 1.165) is 11.1 Å². The van der Waals surface area contributed by atoms with Crippen molar-refractivity contribution in [1.29, 1.82) is 0 Å². The third kappa shape index (κ3) is 5.43. The molecule has 0 spiro atoms. The molecule has 3 aromatic rings. The minimum absolute atomic E-state index is 0.153. The Morgan fingerprint density at radius 1 is 0.828 bits per heavy atom. The van der Waals surface area contributed by atoms with E-state index in [1.165, 1.54) is 35.7 Å². The highest BCUT2D eigenvalue weighted by atomic mass is 32.2. The fourth-order valence-corrected chi connectivity index (χ4v) is 4.24. The summed E-state index contributed by atoms with van der Waals surface area (Å²) in [7, 11) is -2.50. The number of sulfonamides is 1. The lowest BCUT2D eigenvalue weighted by Crippen LogP contribution is -2.30. The van der Waals surface area contributed by atoms with E-state index < -0.39 is 16.1 Å². The van der Waals surface area contributed by atoms with Gasteiger partial charge in [-0.1, -0.05) is 60.7 Å². The first kappa shape index (κ1) is 20.6. The Hall–Kier alpha value is -3.16. The summed E-state index contributed by atoms with van der Waals surface area (Å²) in [5.41, 5.74) is 2.25. The summed E-state index contributed by atoms with van der Waals surface area (Å²) in [5.74, 6) is 0. The highest BCUT2D eigenvalue weighted by molar-refractivity contribution is 7.89. The molecule has 0 heterocycles. The van der Waals surface area contributed by atoms with E-state index >= 15 is 0 Å². The molecule has 3 aromatic carbocycles. The quantitative estimate of drug-likeness (QED) is 0.632. The Kier molecular flexibility index (Phi) is 6.64. The topological polar surface area (TPSA) is 75.7 Å². The molecule has 0 bridgehead atoms. The smallest absolute Gasteiger partial charge is 0.411 e. The van der Waals surface area contributed by atoms with Gasteiger partial charge < -0.3 is 4.74 Å². The van der Waals surface area contributed by atoms with Gasteiger partial charge in [0.05, 0.1) is 12.0 Å². The molecule has 1 N–H and O–H groups in total. The van der Waals surface area contributed by atoms with Crippen molar-refractivity contribution in [3.8, 4) is 0 Å². The van der Waals surface area contributed by atoms with Gasteiger partial charge in [0, 0.05) is 18.8 Å². The van der Waals surface area contributed by atoms with Crippen LogP contribution in [0.2, 0.25) is 0 Å². The number of ether oxygens (including phenoxy) is 1. The minimum Gasteiger partial charge on any atom is -0.453 e. The highest BCUT2D eigenvalue weighted by Gasteiger charge is 2.25. The van der Waals surface area contributed by atoms with Gasteiger partial charge in [-0.3, -0.25) is 5.32 Å². The molecule has 0 aliphatic carbocycles. The maximum absolute atomic E-state index is 13.3. The third-order valence-electron chi connectivity index (χ3n) is 4.33. The van der Waals surface area contributed by atoms with Gasteiger partial charge >= 0.3 is 6.09 Å². The van der Waals surface area contributed by atoms with Crippen LogP contribution in [0.1, 0.15) is 11.1 Å². The van der Waals surface area contributed by atoms with E-state index in [1.807, 2.05) is 60.7 Å². The molecular formula is C22H22N2O4S. The van der Waals surface area contributed by atoms with Gasteiger partial charge in [0.15, 0.2) is 0 Å². The molecule has 7 heteroatoms. The largest absolute Gasteiger partial charge is 0.453 e. The molecule has 3 rings (SSSR count). The number of anilines is 1.